The van der Waals surface area contributed by atoms with Crippen molar-refractivity contribution in [3.8, 4) is 0 Å². The lowest BCUT2D eigenvalue weighted by atomic mass is 10.1. The van der Waals surface area contributed by atoms with Crippen molar-refractivity contribution in [2.45, 2.75) is 26.9 Å². The minimum atomic E-state index is -0.220. The highest BCUT2D eigenvalue weighted by molar-refractivity contribution is 6.31. The molecule has 1 aliphatic heterocycles. The zero-order chi connectivity index (χ0) is 22.0. The second kappa shape index (κ2) is 9.20. The van der Waals surface area contributed by atoms with Crippen LogP contribution in [0.1, 0.15) is 32.9 Å². The van der Waals surface area contributed by atoms with E-state index in [0.29, 0.717) is 30.2 Å². The number of hydrogen-bond acceptors (Lipinski definition) is 3. The number of carbonyl (C=O) groups excluding carboxylic acids is 1. The zero-order valence-electron chi connectivity index (χ0n) is 17.8. The molecule has 1 fully saturated rings. The van der Waals surface area contributed by atoms with Crippen LogP contribution in [0, 0.1) is 19.7 Å². The summed E-state index contributed by atoms with van der Waals surface area (Å²) >= 11 is 6.25. The number of halogens is 2. The predicted molar refractivity (Wildman–Crippen MR) is 120 cm³/mol. The first-order valence-electron chi connectivity index (χ1n) is 10.5. The summed E-state index contributed by atoms with van der Waals surface area (Å²) < 4.78 is 15.0. The molecule has 2 aromatic carbocycles. The lowest BCUT2D eigenvalue weighted by molar-refractivity contribution is 0.0628. The molecule has 2 heterocycles. The van der Waals surface area contributed by atoms with Gasteiger partial charge in [-0.15, -0.1) is 0 Å². The summed E-state index contributed by atoms with van der Waals surface area (Å²) in [7, 11) is 0. The van der Waals surface area contributed by atoms with Gasteiger partial charge in [0.2, 0.25) is 0 Å². The van der Waals surface area contributed by atoms with E-state index in [0.717, 1.165) is 42.1 Å². The second-order valence-electron chi connectivity index (χ2n) is 8.04. The van der Waals surface area contributed by atoms with Crippen molar-refractivity contribution in [2.75, 3.05) is 26.2 Å². The maximum Gasteiger partial charge on any atom is 0.253 e. The molecule has 0 atom stereocenters. The first-order chi connectivity index (χ1) is 14.9. The van der Waals surface area contributed by atoms with E-state index in [-0.39, 0.29) is 11.7 Å². The first-order valence-corrected chi connectivity index (χ1v) is 10.8. The van der Waals surface area contributed by atoms with Crippen LogP contribution >= 0.6 is 11.6 Å². The van der Waals surface area contributed by atoms with Crippen molar-refractivity contribution in [2.24, 2.45) is 0 Å². The van der Waals surface area contributed by atoms with Crippen LogP contribution in [0.2, 0.25) is 5.02 Å². The lowest BCUT2D eigenvalue weighted by Crippen LogP contribution is -2.48. The van der Waals surface area contributed by atoms with Gasteiger partial charge in [-0.25, -0.2) is 4.39 Å². The Hall–Kier alpha value is -2.70. The number of hydrogen-bond donors (Lipinski definition) is 0. The van der Waals surface area contributed by atoms with Crippen LogP contribution in [0.4, 0.5) is 4.39 Å². The summed E-state index contributed by atoms with van der Waals surface area (Å²) in [4.78, 5) is 17.2. The number of nitrogens with zero attached hydrogens (tertiary/aromatic N) is 4. The summed E-state index contributed by atoms with van der Waals surface area (Å²) in [6, 6.07) is 14.3. The standard InChI is InChI=1S/C24H26ClFN4O/c1-17-23(25)18(2)30(27-17)16-20-4-3-5-21(14-20)24(31)29-12-10-28(11-13-29)15-19-6-8-22(26)9-7-19/h3-9,14H,10-13,15-16H2,1-2H3. The Labute approximate surface area is 187 Å². The first kappa shape index (κ1) is 21.5. The molecule has 4 rings (SSSR count). The van der Waals surface area contributed by atoms with Gasteiger partial charge in [0.15, 0.2) is 0 Å². The Kier molecular flexibility index (Phi) is 6.39. The zero-order valence-corrected chi connectivity index (χ0v) is 18.6. The molecule has 0 unspecified atom stereocenters. The molecule has 1 aliphatic rings. The van der Waals surface area contributed by atoms with Gasteiger partial charge < -0.3 is 4.90 Å². The van der Waals surface area contributed by atoms with Crippen molar-refractivity contribution in [1.82, 2.24) is 19.6 Å². The fourth-order valence-corrected chi connectivity index (χ4v) is 4.08. The fourth-order valence-electron chi connectivity index (χ4n) is 3.94. The SMILES string of the molecule is Cc1nn(Cc2cccc(C(=O)N3CCN(Cc4ccc(F)cc4)CC3)c2)c(C)c1Cl. The van der Waals surface area contributed by atoms with Gasteiger partial charge in [0.25, 0.3) is 5.91 Å². The average Bonchev–Trinajstić information content (AvgIpc) is 3.02. The third-order valence-electron chi connectivity index (χ3n) is 5.78. The Morgan fingerprint density at radius 1 is 1.00 bits per heavy atom. The monoisotopic (exact) mass is 440 g/mol. The molecule has 0 radical (unpaired) electrons. The molecule has 0 spiro atoms. The topological polar surface area (TPSA) is 41.4 Å². The summed E-state index contributed by atoms with van der Waals surface area (Å²) in [6.45, 7) is 8.13. The summed E-state index contributed by atoms with van der Waals surface area (Å²) in [6.07, 6.45) is 0. The van der Waals surface area contributed by atoms with E-state index in [1.54, 1.807) is 0 Å². The van der Waals surface area contributed by atoms with Crippen LogP contribution < -0.4 is 0 Å². The predicted octanol–water partition coefficient (Wildman–Crippen LogP) is 4.30. The number of benzene rings is 2. The van der Waals surface area contributed by atoms with E-state index in [2.05, 4.69) is 10.00 Å². The van der Waals surface area contributed by atoms with Crippen molar-refractivity contribution >= 4 is 17.5 Å². The Morgan fingerprint density at radius 2 is 1.71 bits per heavy atom. The molecular formula is C24H26ClFN4O. The smallest absolute Gasteiger partial charge is 0.253 e. The summed E-state index contributed by atoms with van der Waals surface area (Å²) in [5.41, 5.74) is 4.52. The van der Waals surface area contributed by atoms with E-state index in [1.165, 1.54) is 12.1 Å². The maximum absolute atomic E-state index is 13.1. The molecule has 0 bridgehead atoms. The second-order valence-corrected chi connectivity index (χ2v) is 8.42. The van der Waals surface area contributed by atoms with E-state index >= 15 is 0 Å². The molecule has 31 heavy (non-hydrogen) atoms. The molecule has 5 nitrogen and oxygen atoms in total. The van der Waals surface area contributed by atoms with Crippen molar-refractivity contribution in [3.05, 3.63) is 87.4 Å². The number of amides is 1. The molecule has 0 aliphatic carbocycles. The molecule has 7 heteroatoms. The molecular weight excluding hydrogens is 415 g/mol. The molecule has 162 valence electrons. The Bertz CT molecular complexity index is 1070. The Morgan fingerprint density at radius 3 is 2.35 bits per heavy atom. The molecule has 1 saturated heterocycles. The largest absolute Gasteiger partial charge is 0.336 e. The minimum Gasteiger partial charge on any atom is -0.336 e. The van der Waals surface area contributed by atoms with Crippen LogP contribution in [0.5, 0.6) is 0 Å². The highest BCUT2D eigenvalue weighted by Crippen LogP contribution is 2.20. The number of carbonyl (C=O) groups is 1. The van der Waals surface area contributed by atoms with Gasteiger partial charge in [-0.3, -0.25) is 14.4 Å². The van der Waals surface area contributed by atoms with Crippen LogP contribution in [-0.4, -0.2) is 51.7 Å². The van der Waals surface area contributed by atoms with Gasteiger partial charge in [0.1, 0.15) is 5.82 Å². The van der Waals surface area contributed by atoms with Gasteiger partial charge in [0, 0.05) is 38.3 Å². The minimum absolute atomic E-state index is 0.0506. The van der Waals surface area contributed by atoms with Crippen molar-refractivity contribution in [1.29, 1.82) is 0 Å². The third-order valence-corrected chi connectivity index (χ3v) is 6.33. The van der Waals surface area contributed by atoms with E-state index in [1.807, 2.05) is 59.8 Å². The van der Waals surface area contributed by atoms with Gasteiger partial charge in [0.05, 0.1) is 23.0 Å². The van der Waals surface area contributed by atoms with Crippen molar-refractivity contribution < 1.29 is 9.18 Å². The fraction of sp³-hybridized carbons (Fsp3) is 0.333. The van der Waals surface area contributed by atoms with E-state index < -0.39 is 0 Å². The maximum atomic E-state index is 13.1. The Balaban J connectivity index is 1.37. The van der Waals surface area contributed by atoms with Crippen molar-refractivity contribution in [3.63, 3.8) is 0 Å². The molecule has 0 saturated carbocycles. The molecule has 1 amide bonds. The van der Waals surface area contributed by atoms with E-state index in [4.69, 9.17) is 11.6 Å². The van der Waals surface area contributed by atoms with Gasteiger partial charge in [-0.1, -0.05) is 35.9 Å². The van der Waals surface area contributed by atoms with E-state index in [9.17, 15) is 9.18 Å². The van der Waals surface area contributed by atoms with Gasteiger partial charge >= 0.3 is 0 Å². The van der Waals surface area contributed by atoms with Crippen LogP contribution in [-0.2, 0) is 13.1 Å². The number of rotatable bonds is 5. The van der Waals surface area contributed by atoms with Crippen LogP contribution in [0.3, 0.4) is 0 Å². The quantitative estimate of drug-likeness (QED) is 0.594. The highest BCUT2D eigenvalue weighted by atomic mass is 35.5. The lowest BCUT2D eigenvalue weighted by Gasteiger charge is -2.34. The van der Waals surface area contributed by atoms with Gasteiger partial charge in [-0.05, 0) is 49.2 Å². The summed E-state index contributed by atoms with van der Waals surface area (Å²) in [5.74, 6) is -0.169. The number of piperazine rings is 1. The molecule has 0 N–H and O–H groups in total. The normalized spacial score (nSPS) is 14.8. The number of aryl methyl sites for hydroxylation is 1. The van der Waals surface area contributed by atoms with Crippen LogP contribution in [0.15, 0.2) is 48.5 Å². The van der Waals surface area contributed by atoms with Crippen LogP contribution in [0.25, 0.3) is 0 Å². The highest BCUT2D eigenvalue weighted by Gasteiger charge is 2.22. The summed E-state index contributed by atoms with van der Waals surface area (Å²) in [5, 5.41) is 5.17. The molecule has 1 aromatic heterocycles. The average molecular weight is 441 g/mol. The number of aromatic nitrogens is 2. The third kappa shape index (κ3) is 4.97. The molecule has 3 aromatic rings. The van der Waals surface area contributed by atoms with Gasteiger partial charge in [-0.2, -0.15) is 5.10 Å².